The summed E-state index contributed by atoms with van der Waals surface area (Å²) in [4.78, 5) is 14.5. The fraction of sp³-hybridized carbons (Fsp3) is 0.455. The van der Waals surface area contributed by atoms with Crippen molar-refractivity contribution in [3.8, 4) is 0 Å². The molecule has 4 rings (SSSR count). The van der Waals surface area contributed by atoms with E-state index < -0.39 is 0 Å². The smallest absolute Gasteiger partial charge is 0.209 e. The molecule has 2 aromatic rings. The number of nitrogens with zero attached hydrogens (tertiary/aromatic N) is 2. The van der Waals surface area contributed by atoms with Crippen molar-refractivity contribution in [1.82, 2.24) is 0 Å². The Kier molecular flexibility index (Phi) is 7.68. The number of likely N-dealkylation sites (N-methyl/N-ethyl adjacent to an activating group) is 1. The number of carbonyl (C=O) groups excluding carboxylic acids is 1. The lowest BCUT2D eigenvalue weighted by atomic mass is 9.81. The standard InChI is InChI=1S/C33H43N2O/c1-32(2,3)31(36)22-9-7-8-14-23-35-29-20-13-11-18-27(29)33(4,5)30(35)21-15-17-26-24-25-16-10-12-19-28(25)34(26)6/h10-13,15-21H,7-9,14,22-24H2,1-6H3/q+1. The maximum Gasteiger partial charge on any atom is 0.209 e. The molecule has 2 aliphatic rings. The Balaban J connectivity index is 1.46. The monoisotopic (exact) mass is 483 g/mol. The van der Waals surface area contributed by atoms with Gasteiger partial charge in [0.25, 0.3) is 0 Å². The van der Waals surface area contributed by atoms with Gasteiger partial charge in [-0.05, 0) is 44.4 Å². The Bertz CT molecular complexity index is 1210. The normalized spacial score (nSPS) is 17.8. The molecule has 0 fully saturated rings. The summed E-state index contributed by atoms with van der Waals surface area (Å²) in [5, 5.41) is 0. The zero-order chi connectivity index (χ0) is 25.9. The molecule has 2 aliphatic heterocycles. The summed E-state index contributed by atoms with van der Waals surface area (Å²) in [5.41, 5.74) is 7.89. The van der Waals surface area contributed by atoms with Crippen LogP contribution in [0.1, 0.15) is 77.8 Å². The average Bonchev–Trinajstić information content (AvgIpc) is 3.27. The largest absolute Gasteiger partial charge is 0.348 e. The van der Waals surface area contributed by atoms with Crippen LogP contribution in [0.25, 0.3) is 0 Å². The highest BCUT2D eigenvalue weighted by atomic mass is 16.1. The van der Waals surface area contributed by atoms with Crippen LogP contribution in [-0.4, -0.2) is 29.7 Å². The van der Waals surface area contributed by atoms with E-state index in [0.29, 0.717) is 12.2 Å². The van der Waals surface area contributed by atoms with Crippen LogP contribution in [-0.2, 0) is 16.6 Å². The maximum atomic E-state index is 12.2. The molecule has 0 aromatic heterocycles. The molecule has 0 unspecified atom stereocenters. The van der Waals surface area contributed by atoms with E-state index in [1.807, 2.05) is 20.8 Å². The lowest BCUT2D eigenvalue weighted by Crippen LogP contribution is -2.28. The predicted molar refractivity (Wildman–Crippen MR) is 153 cm³/mol. The van der Waals surface area contributed by atoms with Crippen LogP contribution in [0.5, 0.6) is 0 Å². The second kappa shape index (κ2) is 10.6. The summed E-state index contributed by atoms with van der Waals surface area (Å²) in [7, 11) is 2.16. The first-order valence-corrected chi connectivity index (χ1v) is 13.6. The molecule has 0 spiro atoms. The molecule has 190 valence electrons. The van der Waals surface area contributed by atoms with Gasteiger partial charge in [0.2, 0.25) is 5.69 Å². The Morgan fingerprint density at radius 1 is 1.00 bits per heavy atom. The zero-order valence-electron chi connectivity index (χ0n) is 23.1. The van der Waals surface area contributed by atoms with Crippen LogP contribution in [0, 0.1) is 5.41 Å². The molecule has 0 amide bonds. The molecule has 0 atom stereocenters. The highest BCUT2D eigenvalue weighted by Gasteiger charge is 2.43. The van der Waals surface area contributed by atoms with Gasteiger partial charge in [-0.15, -0.1) is 0 Å². The Hall–Kier alpha value is -2.94. The van der Waals surface area contributed by atoms with E-state index in [9.17, 15) is 4.79 Å². The van der Waals surface area contributed by atoms with E-state index in [1.165, 1.54) is 33.9 Å². The van der Waals surface area contributed by atoms with Crippen molar-refractivity contribution in [3.05, 3.63) is 83.6 Å². The van der Waals surface area contributed by atoms with Gasteiger partial charge in [0.1, 0.15) is 12.3 Å². The van der Waals surface area contributed by atoms with Crippen LogP contribution in [0.15, 0.2) is 72.5 Å². The fourth-order valence-corrected chi connectivity index (χ4v) is 5.54. The molecule has 0 saturated carbocycles. The van der Waals surface area contributed by atoms with Gasteiger partial charge >= 0.3 is 0 Å². The molecule has 2 heterocycles. The summed E-state index contributed by atoms with van der Waals surface area (Å²) in [5.74, 6) is 0.378. The zero-order valence-corrected chi connectivity index (χ0v) is 23.1. The van der Waals surface area contributed by atoms with Crippen molar-refractivity contribution < 1.29 is 9.37 Å². The number of benzene rings is 2. The molecule has 3 nitrogen and oxygen atoms in total. The number of anilines is 1. The lowest BCUT2D eigenvalue weighted by Gasteiger charge is -2.16. The van der Waals surface area contributed by atoms with Gasteiger partial charge in [0.15, 0.2) is 5.71 Å². The summed E-state index contributed by atoms with van der Waals surface area (Å²) in [6.07, 6.45) is 12.9. The lowest BCUT2D eigenvalue weighted by molar-refractivity contribution is -0.438. The number of ketones is 1. The summed E-state index contributed by atoms with van der Waals surface area (Å²) in [6, 6.07) is 17.5. The van der Waals surface area contributed by atoms with Crippen molar-refractivity contribution in [1.29, 1.82) is 0 Å². The number of Topliss-reactive ketones (excluding diaryl/α,β-unsaturated/α-hetero) is 1. The van der Waals surface area contributed by atoms with Gasteiger partial charge in [0.05, 0.1) is 5.41 Å². The van der Waals surface area contributed by atoms with Gasteiger partial charge in [0, 0.05) is 60.8 Å². The van der Waals surface area contributed by atoms with Gasteiger partial charge in [-0.3, -0.25) is 4.79 Å². The Morgan fingerprint density at radius 2 is 1.69 bits per heavy atom. The molecule has 0 N–H and O–H groups in total. The quantitative estimate of drug-likeness (QED) is 0.269. The third-order valence-electron chi connectivity index (χ3n) is 7.87. The van der Waals surface area contributed by atoms with Crippen LogP contribution < -0.4 is 4.90 Å². The molecule has 0 saturated heterocycles. The van der Waals surface area contributed by atoms with Gasteiger partial charge in [-0.25, -0.2) is 0 Å². The number of hydrogen-bond acceptors (Lipinski definition) is 2. The SMILES string of the molecule is CN1/C(=C/C=C/C2=[N+](CCCCCCC(=O)C(C)(C)C)c3ccccc3C2(C)C)Cc2ccccc21. The van der Waals surface area contributed by atoms with E-state index in [-0.39, 0.29) is 10.8 Å². The Morgan fingerprint density at radius 3 is 2.44 bits per heavy atom. The predicted octanol–water partition coefficient (Wildman–Crippen LogP) is 7.76. The Labute approximate surface area is 218 Å². The second-order valence-corrected chi connectivity index (χ2v) is 11.9. The molecule has 0 radical (unpaired) electrons. The number of hydrogen-bond donors (Lipinski definition) is 0. The highest BCUT2D eigenvalue weighted by molar-refractivity contribution is 6.03. The number of allylic oxidation sites excluding steroid dienone is 4. The van der Waals surface area contributed by atoms with Crippen molar-refractivity contribution in [2.75, 3.05) is 18.5 Å². The van der Waals surface area contributed by atoms with E-state index in [2.05, 4.69) is 97.1 Å². The van der Waals surface area contributed by atoms with Crippen LogP contribution >= 0.6 is 0 Å². The molecule has 2 aromatic carbocycles. The first-order chi connectivity index (χ1) is 17.1. The van der Waals surface area contributed by atoms with Crippen molar-refractivity contribution >= 4 is 22.9 Å². The molecular formula is C33H43N2O+. The average molecular weight is 484 g/mol. The first-order valence-electron chi connectivity index (χ1n) is 13.6. The summed E-state index contributed by atoms with van der Waals surface area (Å²) >= 11 is 0. The number of unbranched alkanes of at least 4 members (excludes halogenated alkanes) is 3. The van der Waals surface area contributed by atoms with E-state index >= 15 is 0 Å². The minimum Gasteiger partial charge on any atom is -0.348 e. The molecule has 36 heavy (non-hydrogen) atoms. The third kappa shape index (κ3) is 5.40. The first kappa shape index (κ1) is 26.1. The molecule has 0 bridgehead atoms. The second-order valence-electron chi connectivity index (χ2n) is 11.9. The number of para-hydroxylation sites is 2. The van der Waals surface area contributed by atoms with Gasteiger partial charge in [-0.1, -0.05) is 69.7 Å². The third-order valence-corrected chi connectivity index (χ3v) is 7.87. The molecular weight excluding hydrogens is 440 g/mol. The summed E-state index contributed by atoms with van der Waals surface area (Å²) < 4.78 is 2.53. The van der Waals surface area contributed by atoms with Crippen LogP contribution in [0.4, 0.5) is 11.4 Å². The minimum absolute atomic E-state index is 0.0325. The number of fused-ring (bicyclic) bond motifs is 2. The topological polar surface area (TPSA) is 23.3 Å². The van der Waals surface area contributed by atoms with Crippen molar-refractivity contribution in [2.45, 2.75) is 78.6 Å². The number of rotatable bonds is 9. The van der Waals surface area contributed by atoms with Crippen molar-refractivity contribution in [3.63, 3.8) is 0 Å². The van der Waals surface area contributed by atoms with E-state index in [4.69, 9.17) is 0 Å². The van der Waals surface area contributed by atoms with Crippen molar-refractivity contribution in [2.24, 2.45) is 5.41 Å². The summed E-state index contributed by atoms with van der Waals surface area (Å²) in [6.45, 7) is 11.8. The molecule has 0 aliphatic carbocycles. The maximum absolute atomic E-state index is 12.2. The molecule has 3 heteroatoms. The fourth-order valence-electron chi connectivity index (χ4n) is 5.54. The van der Waals surface area contributed by atoms with Gasteiger partial charge < -0.3 is 4.90 Å². The van der Waals surface area contributed by atoms with Crippen LogP contribution in [0.3, 0.4) is 0 Å². The van der Waals surface area contributed by atoms with Gasteiger partial charge in [-0.2, -0.15) is 4.58 Å². The van der Waals surface area contributed by atoms with Crippen LogP contribution in [0.2, 0.25) is 0 Å². The number of carbonyl (C=O) groups is 1. The highest BCUT2D eigenvalue weighted by Crippen LogP contribution is 2.40. The van der Waals surface area contributed by atoms with E-state index in [0.717, 1.165) is 38.6 Å². The minimum atomic E-state index is -0.216. The van der Waals surface area contributed by atoms with E-state index in [1.54, 1.807) is 0 Å².